The third kappa shape index (κ3) is 2.87. The first kappa shape index (κ1) is 10.8. The minimum Gasteiger partial charge on any atom is -0.487 e. The van der Waals surface area contributed by atoms with Crippen LogP contribution in [0.15, 0.2) is 42.6 Å². The molecule has 0 aliphatic carbocycles. The highest BCUT2D eigenvalue weighted by Crippen LogP contribution is 2.13. The minimum absolute atomic E-state index is 0.573. The van der Waals surface area contributed by atoms with Crippen molar-refractivity contribution in [3.63, 3.8) is 0 Å². The summed E-state index contributed by atoms with van der Waals surface area (Å²) >= 11 is 0. The summed E-state index contributed by atoms with van der Waals surface area (Å²) in [6.45, 7) is 1.26. The zero-order valence-corrected chi connectivity index (χ0v) is 9.15. The topological polar surface area (TPSA) is 51.0 Å². The third-order valence-electron chi connectivity index (χ3n) is 2.41. The van der Waals surface area contributed by atoms with E-state index in [9.17, 15) is 0 Å². The van der Waals surface area contributed by atoms with Gasteiger partial charge in [0.1, 0.15) is 12.4 Å². The van der Waals surface area contributed by atoms with Crippen LogP contribution < -0.4 is 10.5 Å². The average Bonchev–Trinajstić information content (AvgIpc) is 2.82. The van der Waals surface area contributed by atoms with Crippen LogP contribution in [0.2, 0.25) is 0 Å². The number of aromatic amines is 1. The summed E-state index contributed by atoms with van der Waals surface area (Å²) in [6.07, 6.45) is 2.81. The van der Waals surface area contributed by atoms with Crippen molar-refractivity contribution in [2.24, 2.45) is 5.73 Å². The number of aromatic nitrogens is 1. The lowest BCUT2D eigenvalue weighted by Crippen LogP contribution is -2.02. The number of nitrogens with two attached hydrogens (primary N) is 1. The number of H-pyrrole nitrogens is 1. The number of benzene rings is 1. The van der Waals surface area contributed by atoms with Gasteiger partial charge in [0.25, 0.3) is 0 Å². The SMILES string of the molecule is NCCc1ccc(OCc2ccc[nH]2)cc1. The van der Waals surface area contributed by atoms with E-state index < -0.39 is 0 Å². The monoisotopic (exact) mass is 216 g/mol. The molecule has 3 N–H and O–H groups in total. The van der Waals surface area contributed by atoms with Gasteiger partial charge in [-0.25, -0.2) is 0 Å². The van der Waals surface area contributed by atoms with Gasteiger partial charge in [-0.3, -0.25) is 0 Å². The normalized spacial score (nSPS) is 10.3. The van der Waals surface area contributed by atoms with Crippen molar-refractivity contribution in [2.45, 2.75) is 13.0 Å². The van der Waals surface area contributed by atoms with Crippen LogP contribution in [0.1, 0.15) is 11.3 Å². The Morgan fingerprint density at radius 3 is 2.56 bits per heavy atom. The molecule has 0 saturated carbocycles. The fourth-order valence-electron chi connectivity index (χ4n) is 1.54. The summed E-state index contributed by atoms with van der Waals surface area (Å²) in [6, 6.07) is 12.0. The Balaban J connectivity index is 1.90. The summed E-state index contributed by atoms with van der Waals surface area (Å²) in [5.41, 5.74) is 7.81. The Bertz CT molecular complexity index is 406. The van der Waals surface area contributed by atoms with Crippen LogP contribution in [0.25, 0.3) is 0 Å². The first-order valence-electron chi connectivity index (χ1n) is 5.42. The minimum atomic E-state index is 0.573. The lowest BCUT2D eigenvalue weighted by molar-refractivity contribution is 0.302. The molecule has 1 aromatic heterocycles. The van der Waals surface area contributed by atoms with E-state index in [1.807, 2.05) is 30.5 Å². The fourth-order valence-corrected chi connectivity index (χ4v) is 1.54. The predicted octanol–water partition coefficient (Wildman–Crippen LogP) is 2.09. The van der Waals surface area contributed by atoms with Crippen molar-refractivity contribution in [1.82, 2.24) is 4.98 Å². The average molecular weight is 216 g/mol. The molecule has 0 saturated heterocycles. The van der Waals surface area contributed by atoms with E-state index in [4.69, 9.17) is 10.5 Å². The van der Waals surface area contributed by atoms with Gasteiger partial charge in [-0.05, 0) is 42.8 Å². The largest absolute Gasteiger partial charge is 0.487 e. The van der Waals surface area contributed by atoms with Crippen LogP contribution in [0.4, 0.5) is 0 Å². The van der Waals surface area contributed by atoms with E-state index in [-0.39, 0.29) is 0 Å². The third-order valence-corrected chi connectivity index (χ3v) is 2.41. The standard InChI is InChI=1S/C13H16N2O/c14-8-7-11-3-5-13(6-4-11)16-10-12-2-1-9-15-12/h1-6,9,15H,7-8,10,14H2. The van der Waals surface area contributed by atoms with Crippen molar-refractivity contribution in [2.75, 3.05) is 6.54 Å². The van der Waals surface area contributed by atoms with Crippen LogP contribution in [0, 0.1) is 0 Å². The second-order valence-electron chi connectivity index (χ2n) is 3.67. The maximum atomic E-state index is 5.62. The van der Waals surface area contributed by atoms with E-state index in [2.05, 4.69) is 17.1 Å². The number of hydrogen-bond donors (Lipinski definition) is 2. The molecule has 0 unspecified atom stereocenters. The Hall–Kier alpha value is -1.74. The van der Waals surface area contributed by atoms with Gasteiger partial charge >= 0.3 is 0 Å². The number of ether oxygens (including phenoxy) is 1. The molecule has 0 aliphatic rings. The van der Waals surface area contributed by atoms with Crippen LogP contribution in [-0.4, -0.2) is 11.5 Å². The van der Waals surface area contributed by atoms with Crippen molar-refractivity contribution in [1.29, 1.82) is 0 Å². The van der Waals surface area contributed by atoms with Gasteiger partial charge in [0.15, 0.2) is 0 Å². The number of rotatable bonds is 5. The fraction of sp³-hybridized carbons (Fsp3) is 0.231. The molecular weight excluding hydrogens is 200 g/mol. The smallest absolute Gasteiger partial charge is 0.128 e. The molecule has 84 valence electrons. The highest BCUT2D eigenvalue weighted by atomic mass is 16.5. The molecule has 0 amide bonds. The van der Waals surface area contributed by atoms with E-state index in [1.54, 1.807) is 0 Å². The molecule has 0 radical (unpaired) electrons. The van der Waals surface area contributed by atoms with E-state index >= 15 is 0 Å². The predicted molar refractivity (Wildman–Crippen MR) is 64.3 cm³/mol. The molecule has 2 rings (SSSR count). The van der Waals surface area contributed by atoms with Crippen LogP contribution in [0.5, 0.6) is 5.75 Å². The summed E-state index contributed by atoms with van der Waals surface area (Å²) in [4.78, 5) is 3.10. The molecule has 1 heterocycles. The van der Waals surface area contributed by atoms with Crippen molar-refractivity contribution in [3.05, 3.63) is 53.9 Å². The summed E-state index contributed by atoms with van der Waals surface area (Å²) < 4.78 is 5.62. The number of hydrogen-bond acceptors (Lipinski definition) is 2. The molecule has 1 aromatic carbocycles. The highest BCUT2D eigenvalue weighted by molar-refractivity contribution is 5.27. The molecule has 0 atom stereocenters. The maximum absolute atomic E-state index is 5.62. The first-order valence-corrected chi connectivity index (χ1v) is 5.42. The Kier molecular flexibility index (Phi) is 3.62. The molecule has 16 heavy (non-hydrogen) atoms. The Labute approximate surface area is 95.2 Å². The molecule has 0 bridgehead atoms. The Morgan fingerprint density at radius 2 is 1.94 bits per heavy atom. The lowest BCUT2D eigenvalue weighted by atomic mass is 10.1. The highest BCUT2D eigenvalue weighted by Gasteiger charge is 1.96. The van der Waals surface area contributed by atoms with Gasteiger partial charge in [-0.1, -0.05) is 12.1 Å². The zero-order chi connectivity index (χ0) is 11.2. The Morgan fingerprint density at radius 1 is 1.12 bits per heavy atom. The van der Waals surface area contributed by atoms with Gasteiger partial charge in [0.2, 0.25) is 0 Å². The molecule has 2 aromatic rings. The van der Waals surface area contributed by atoms with Gasteiger partial charge < -0.3 is 15.5 Å². The van der Waals surface area contributed by atoms with Gasteiger partial charge in [0, 0.05) is 6.20 Å². The summed E-state index contributed by atoms with van der Waals surface area (Å²) in [7, 11) is 0. The molecule has 0 aliphatic heterocycles. The molecule has 0 spiro atoms. The zero-order valence-electron chi connectivity index (χ0n) is 9.15. The van der Waals surface area contributed by atoms with Crippen molar-refractivity contribution < 1.29 is 4.74 Å². The van der Waals surface area contributed by atoms with E-state index in [0.717, 1.165) is 17.9 Å². The molecule has 3 nitrogen and oxygen atoms in total. The lowest BCUT2D eigenvalue weighted by Gasteiger charge is -2.05. The van der Waals surface area contributed by atoms with Gasteiger partial charge in [0.05, 0.1) is 5.69 Å². The second-order valence-corrected chi connectivity index (χ2v) is 3.67. The van der Waals surface area contributed by atoms with Crippen molar-refractivity contribution >= 4 is 0 Å². The molecular formula is C13H16N2O. The molecule has 0 fully saturated rings. The van der Waals surface area contributed by atoms with Crippen LogP contribution in [-0.2, 0) is 13.0 Å². The summed E-state index contributed by atoms with van der Waals surface area (Å²) in [5, 5.41) is 0. The quantitative estimate of drug-likeness (QED) is 0.804. The number of nitrogens with one attached hydrogen (secondary N) is 1. The molecule has 3 heteroatoms. The van der Waals surface area contributed by atoms with E-state index in [0.29, 0.717) is 13.2 Å². The van der Waals surface area contributed by atoms with E-state index in [1.165, 1.54) is 5.56 Å². The maximum Gasteiger partial charge on any atom is 0.128 e. The van der Waals surface area contributed by atoms with Crippen molar-refractivity contribution in [3.8, 4) is 5.75 Å². The summed E-state index contributed by atoms with van der Waals surface area (Å²) in [5.74, 6) is 0.885. The van der Waals surface area contributed by atoms with Crippen LogP contribution >= 0.6 is 0 Å². The van der Waals surface area contributed by atoms with Gasteiger partial charge in [-0.2, -0.15) is 0 Å². The van der Waals surface area contributed by atoms with Crippen LogP contribution in [0.3, 0.4) is 0 Å². The van der Waals surface area contributed by atoms with Gasteiger partial charge in [-0.15, -0.1) is 0 Å². The second kappa shape index (κ2) is 5.37. The first-order chi connectivity index (χ1) is 7.88.